The van der Waals surface area contributed by atoms with Crippen molar-refractivity contribution in [3.05, 3.63) is 51.4 Å². The molecule has 0 heterocycles. The first-order chi connectivity index (χ1) is 9.69. The van der Waals surface area contributed by atoms with E-state index in [4.69, 9.17) is 3.32 Å². The van der Waals surface area contributed by atoms with Crippen LogP contribution in [0.3, 0.4) is 0 Å². The molecule has 23 heavy (non-hydrogen) atoms. The van der Waals surface area contributed by atoms with Gasteiger partial charge in [-0.3, -0.25) is 0 Å². The third kappa shape index (κ3) is 5.98. The first kappa shape index (κ1) is 22.8. The zero-order chi connectivity index (χ0) is 15.7. The van der Waals surface area contributed by atoms with Gasteiger partial charge in [0.25, 0.3) is 0 Å². The van der Waals surface area contributed by atoms with E-state index < -0.39 is 19.5 Å². The average Bonchev–Trinajstić information content (AvgIpc) is 2.86. The second kappa shape index (κ2) is 8.76. The van der Waals surface area contributed by atoms with Crippen molar-refractivity contribution in [2.24, 2.45) is 0 Å². The van der Waals surface area contributed by atoms with Crippen molar-refractivity contribution < 1.29 is 47.7 Å². The van der Waals surface area contributed by atoms with Crippen LogP contribution in [0.4, 0.5) is 0 Å². The predicted octanol–water partition coefficient (Wildman–Crippen LogP) is -0.490. The van der Waals surface area contributed by atoms with Crippen LogP contribution in [-0.4, -0.2) is 0 Å². The number of hydrogen-bond donors (Lipinski definition) is 0. The van der Waals surface area contributed by atoms with Crippen molar-refractivity contribution in [1.82, 2.24) is 0 Å². The molecule has 0 saturated carbocycles. The summed E-state index contributed by atoms with van der Waals surface area (Å²) in [5.74, 6) is 1.13. The Morgan fingerprint density at radius 3 is 1.83 bits per heavy atom. The number of benzene rings is 1. The van der Waals surface area contributed by atoms with Gasteiger partial charge in [-0.05, 0) is 0 Å². The third-order valence-corrected chi connectivity index (χ3v) is 5.15. The summed E-state index contributed by atoms with van der Waals surface area (Å²) in [6, 6.07) is 6.61. The van der Waals surface area contributed by atoms with E-state index in [1.54, 1.807) is 0 Å². The maximum Gasteiger partial charge on any atom is -1.00 e. The Kier molecular flexibility index (Phi) is 8.68. The Morgan fingerprint density at radius 1 is 0.913 bits per heavy atom. The van der Waals surface area contributed by atoms with Gasteiger partial charge in [0, 0.05) is 0 Å². The molecule has 1 nitrogen and oxygen atoms in total. The number of rotatable bonds is 3. The van der Waals surface area contributed by atoms with Crippen molar-refractivity contribution >= 4 is 0 Å². The third-order valence-electron chi connectivity index (χ3n) is 3.69. The summed E-state index contributed by atoms with van der Waals surface area (Å²) < 4.78 is 7.89. The Hall–Kier alpha value is -0.206. The molecule has 0 amide bonds. The Bertz CT molecular complexity index is 546. The van der Waals surface area contributed by atoms with E-state index in [9.17, 15) is 0 Å². The van der Waals surface area contributed by atoms with Gasteiger partial charge in [-0.2, -0.15) is 0 Å². The monoisotopic (exact) mass is 388 g/mol. The second-order valence-corrected chi connectivity index (χ2v) is 9.35. The van der Waals surface area contributed by atoms with E-state index in [1.807, 2.05) is 0 Å². The van der Waals surface area contributed by atoms with Crippen LogP contribution in [-0.2, 0) is 30.4 Å². The SMILES string of the molecule is CC(C)(C)c1cccc(C(C)(C)C)c1[O][Ti+2][C]1=CC=CC1.[Cl-].[Cl-]. The minimum atomic E-state index is -0.535. The second-order valence-electron chi connectivity index (χ2n) is 7.71. The van der Waals surface area contributed by atoms with Gasteiger partial charge in [0.15, 0.2) is 0 Å². The Balaban J connectivity index is 0.00000242. The van der Waals surface area contributed by atoms with Gasteiger partial charge in [-0.25, -0.2) is 0 Å². The molecule has 1 aliphatic rings. The molecule has 1 aliphatic carbocycles. The molecule has 0 aliphatic heterocycles. The molecule has 4 heteroatoms. The van der Waals surface area contributed by atoms with Gasteiger partial charge >= 0.3 is 139 Å². The fraction of sp³-hybridized carbons (Fsp3) is 0.474. The molecule has 0 saturated heterocycles. The summed E-state index contributed by atoms with van der Waals surface area (Å²) >= 11 is -0.535. The van der Waals surface area contributed by atoms with E-state index in [2.05, 4.69) is 78.0 Å². The van der Waals surface area contributed by atoms with Crippen molar-refractivity contribution in [2.75, 3.05) is 0 Å². The fourth-order valence-electron chi connectivity index (χ4n) is 2.47. The first-order valence-corrected chi connectivity index (χ1v) is 9.04. The maximum absolute atomic E-state index is 6.42. The summed E-state index contributed by atoms with van der Waals surface area (Å²) in [6.07, 6.45) is 7.64. The molecule has 0 unspecified atom stereocenters. The Morgan fingerprint density at radius 2 is 1.43 bits per heavy atom. The number of allylic oxidation sites excluding steroid dienone is 4. The van der Waals surface area contributed by atoms with Crippen LogP contribution in [0.1, 0.15) is 59.1 Å². The number of halogens is 2. The quantitative estimate of drug-likeness (QED) is 0.635. The van der Waals surface area contributed by atoms with E-state index >= 15 is 0 Å². The molecule has 0 radical (unpaired) electrons. The van der Waals surface area contributed by atoms with Gasteiger partial charge in [0.05, 0.1) is 0 Å². The topological polar surface area (TPSA) is 9.23 Å². The average molecular weight is 389 g/mol. The summed E-state index contributed by atoms with van der Waals surface area (Å²) in [5, 5.41) is 0. The molecule has 126 valence electrons. The van der Waals surface area contributed by atoms with Crippen molar-refractivity contribution in [3.8, 4) is 5.75 Å². The number of hydrogen-bond acceptors (Lipinski definition) is 1. The van der Waals surface area contributed by atoms with E-state index in [-0.39, 0.29) is 35.6 Å². The van der Waals surface area contributed by atoms with Gasteiger partial charge in [0.2, 0.25) is 0 Å². The van der Waals surface area contributed by atoms with Crippen LogP contribution in [0.25, 0.3) is 0 Å². The molecular weight excluding hydrogens is 363 g/mol. The van der Waals surface area contributed by atoms with Crippen LogP contribution in [0.2, 0.25) is 0 Å². The van der Waals surface area contributed by atoms with Crippen LogP contribution in [0, 0.1) is 0 Å². The molecule has 0 fully saturated rings. The molecule has 1 aromatic carbocycles. The summed E-state index contributed by atoms with van der Waals surface area (Å²) in [7, 11) is 0. The maximum atomic E-state index is 6.42. The smallest absolute Gasteiger partial charge is 1.00 e. The predicted molar refractivity (Wildman–Crippen MR) is 86.3 cm³/mol. The van der Waals surface area contributed by atoms with Crippen LogP contribution in [0.15, 0.2) is 40.3 Å². The van der Waals surface area contributed by atoms with Gasteiger partial charge < -0.3 is 24.8 Å². The van der Waals surface area contributed by atoms with Crippen molar-refractivity contribution in [3.63, 3.8) is 0 Å². The molecule has 1 aromatic rings. The van der Waals surface area contributed by atoms with Crippen LogP contribution < -0.4 is 28.1 Å². The van der Waals surface area contributed by atoms with E-state index in [0.717, 1.165) is 12.2 Å². The van der Waals surface area contributed by atoms with Gasteiger partial charge in [-0.15, -0.1) is 0 Å². The fourth-order valence-corrected chi connectivity index (χ4v) is 3.75. The first-order valence-electron chi connectivity index (χ1n) is 7.62. The minimum Gasteiger partial charge on any atom is -1.00 e. The van der Waals surface area contributed by atoms with Crippen LogP contribution >= 0.6 is 0 Å². The standard InChI is InChI=1S/C14H22O.C5H5.2ClH.Ti/c1-13(2,3)10-8-7-9-11(12(10)15)14(4,5)6;1-2-4-5-3-1;;;/h7-9,15H,1-6H3;1-3H,4H2;2*1H;/q;;;;+3/p-3. The van der Waals surface area contributed by atoms with E-state index in [0.29, 0.717) is 0 Å². The van der Waals surface area contributed by atoms with Crippen molar-refractivity contribution in [1.29, 1.82) is 0 Å². The molecule has 0 N–H and O–H groups in total. The van der Waals surface area contributed by atoms with E-state index in [1.165, 1.54) is 15.0 Å². The molecule has 0 spiro atoms. The molecule has 2 rings (SSSR count). The number of para-hydroxylation sites is 1. The van der Waals surface area contributed by atoms with Crippen molar-refractivity contribution in [2.45, 2.75) is 58.8 Å². The Labute approximate surface area is 163 Å². The minimum absolute atomic E-state index is 0. The van der Waals surface area contributed by atoms with Gasteiger partial charge in [0.1, 0.15) is 0 Å². The summed E-state index contributed by atoms with van der Waals surface area (Å²) in [6.45, 7) is 13.6. The van der Waals surface area contributed by atoms with Gasteiger partial charge in [-0.1, -0.05) is 0 Å². The molecule has 0 atom stereocenters. The largest absolute Gasteiger partial charge is 1.00 e. The normalized spacial score (nSPS) is 13.6. The summed E-state index contributed by atoms with van der Waals surface area (Å²) in [4.78, 5) is 0. The molecule has 0 aromatic heterocycles. The zero-order valence-corrected chi connectivity index (χ0v) is 17.9. The van der Waals surface area contributed by atoms with Crippen LogP contribution in [0.5, 0.6) is 5.75 Å². The summed E-state index contributed by atoms with van der Waals surface area (Å²) in [5.41, 5.74) is 2.85. The zero-order valence-electron chi connectivity index (χ0n) is 14.8. The molecule has 0 bridgehead atoms. The molecular formula is C19H26Cl2OTi.